The van der Waals surface area contributed by atoms with Gasteiger partial charge in [0.15, 0.2) is 0 Å². The molecule has 2 aromatic rings. The van der Waals surface area contributed by atoms with Crippen LogP contribution in [0.2, 0.25) is 0 Å². The van der Waals surface area contributed by atoms with Gasteiger partial charge in [0.2, 0.25) is 5.91 Å². The van der Waals surface area contributed by atoms with E-state index in [0.29, 0.717) is 32.6 Å². The number of rotatable bonds is 8. The molecular formula is C27H33N3O5. The van der Waals surface area contributed by atoms with Crippen LogP contribution >= 0.6 is 0 Å². The molecule has 35 heavy (non-hydrogen) atoms. The number of carboxylic acids is 1. The summed E-state index contributed by atoms with van der Waals surface area (Å²) in [6, 6.07) is 16.4. The number of alkyl carbamates (subject to hydrolysis) is 1. The molecule has 8 nitrogen and oxygen atoms in total. The zero-order valence-corrected chi connectivity index (χ0v) is 20.3. The number of piperazine rings is 1. The van der Waals surface area contributed by atoms with Crippen LogP contribution in [-0.4, -0.2) is 78.8 Å². The summed E-state index contributed by atoms with van der Waals surface area (Å²) in [4.78, 5) is 40.4. The van der Waals surface area contributed by atoms with Crippen molar-refractivity contribution in [2.75, 3.05) is 45.9 Å². The van der Waals surface area contributed by atoms with Gasteiger partial charge in [-0.2, -0.15) is 0 Å². The fraction of sp³-hybridized carbons (Fsp3) is 0.444. The Morgan fingerprint density at radius 2 is 1.57 bits per heavy atom. The Balaban J connectivity index is 1.31. The summed E-state index contributed by atoms with van der Waals surface area (Å²) in [6.07, 6.45) is 0.0239. The number of hydrogen-bond acceptors (Lipinski definition) is 5. The molecule has 1 saturated heterocycles. The minimum Gasteiger partial charge on any atom is -0.480 e. The topological polar surface area (TPSA) is 99.2 Å². The third-order valence-electron chi connectivity index (χ3n) is 7.28. The largest absolute Gasteiger partial charge is 0.480 e. The van der Waals surface area contributed by atoms with Gasteiger partial charge >= 0.3 is 12.1 Å². The number of benzene rings is 2. The van der Waals surface area contributed by atoms with Gasteiger partial charge in [-0.15, -0.1) is 0 Å². The number of amides is 2. The first kappa shape index (κ1) is 24.7. The number of carbonyl (C=O) groups is 3. The second-order valence-electron chi connectivity index (χ2n) is 9.56. The molecule has 2 aliphatic rings. The van der Waals surface area contributed by atoms with Crippen LogP contribution in [0.5, 0.6) is 0 Å². The second kappa shape index (κ2) is 10.5. The van der Waals surface area contributed by atoms with Crippen LogP contribution in [0.15, 0.2) is 48.5 Å². The van der Waals surface area contributed by atoms with Crippen LogP contribution < -0.4 is 5.32 Å². The van der Waals surface area contributed by atoms with Crippen LogP contribution in [-0.2, 0) is 14.3 Å². The molecule has 8 heteroatoms. The fourth-order valence-electron chi connectivity index (χ4n) is 4.95. The van der Waals surface area contributed by atoms with Crippen molar-refractivity contribution in [2.45, 2.75) is 26.2 Å². The van der Waals surface area contributed by atoms with E-state index >= 15 is 0 Å². The Hall–Kier alpha value is -3.39. The first-order valence-corrected chi connectivity index (χ1v) is 12.1. The van der Waals surface area contributed by atoms with Gasteiger partial charge in [0.1, 0.15) is 6.61 Å². The molecule has 2 amide bonds. The van der Waals surface area contributed by atoms with Gasteiger partial charge < -0.3 is 20.1 Å². The molecule has 4 rings (SSSR count). The first-order valence-electron chi connectivity index (χ1n) is 12.1. The van der Waals surface area contributed by atoms with E-state index in [1.165, 1.54) is 11.1 Å². The zero-order chi connectivity index (χ0) is 25.0. The highest BCUT2D eigenvalue weighted by atomic mass is 16.5. The molecule has 1 unspecified atom stereocenters. The molecule has 1 fully saturated rings. The Kier molecular flexibility index (Phi) is 7.40. The number of hydrogen-bond donors (Lipinski definition) is 2. The number of carboxylic acid groups (broad SMARTS) is 1. The van der Waals surface area contributed by atoms with E-state index in [1.54, 1.807) is 4.90 Å². The molecule has 0 spiro atoms. The standard InChI is InChI=1S/C27H33N3O5/c1-3-27(2,25(33)30-14-12-29(13-15-30)16-24(31)32)18-28-26(34)35-17-23-21-10-6-4-8-19(21)20-9-5-7-11-22(20)23/h4-11,23H,3,12-18H2,1-2H3,(H,28,34)(H,31,32). The summed E-state index contributed by atoms with van der Waals surface area (Å²) in [5, 5.41) is 11.8. The molecule has 0 radical (unpaired) electrons. The molecule has 1 heterocycles. The summed E-state index contributed by atoms with van der Waals surface area (Å²) < 4.78 is 5.62. The van der Waals surface area contributed by atoms with Crippen molar-refractivity contribution >= 4 is 18.0 Å². The van der Waals surface area contributed by atoms with Crippen LogP contribution in [0.3, 0.4) is 0 Å². The molecule has 0 saturated carbocycles. The van der Waals surface area contributed by atoms with Crippen LogP contribution in [0.4, 0.5) is 4.79 Å². The fourth-order valence-corrected chi connectivity index (χ4v) is 4.95. The third-order valence-corrected chi connectivity index (χ3v) is 7.28. The molecule has 1 aliphatic carbocycles. The Labute approximate surface area is 205 Å². The van der Waals surface area contributed by atoms with Gasteiger partial charge in [-0.1, -0.05) is 55.5 Å². The lowest BCUT2D eigenvalue weighted by Crippen LogP contribution is -2.55. The number of carbonyl (C=O) groups excluding carboxylic acids is 2. The minimum absolute atomic E-state index is 0.0174. The van der Waals surface area contributed by atoms with E-state index in [9.17, 15) is 14.4 Å². The number of nitrogens with zero attached hydrogens (tertiary/aromatic N) is 2. The summed E-state index contributed by atoms with van der Waals surface area (Å²) >= 11 is 0. The maximum atomic E-state index is 13.2. The Bertz CT molecular complexity index is 1050. The molecular weight excluding hydrogens is 446 g/mol. The summed E-state index contributed by atoms with van der Waals surface area (Å²) in [6.45, 7) is 6.17. The first-order chi connectivity index (χ1) is 16.8. The summed E-state index contributed by atoms with van der Waals surface area (Å²) in [5.74, 6) is -0.918. The van der Waals surface area contributed by atoms with E-state index in [1.807, 2.05) is 43.0 Å². The number of fused-ring (bicyclic) bond motifs is 3. The maximum Gasteiger partial charge on any atom is 0.407 e. The van der Waals surface area contributed by atoms with Crippen molar-refractivity contribution < 1.29 is 24.2 Å². The lowest BCUT2D eigenvalue weighted by atomic mass is 9.85. The predicted octanol–water partition coefficient (Wildman–Crippen LogP) is 3.17. The quantitative estimate of drug-likeness (QED) is 0.604. The van der Waals surface area contributed by atoms with Crippen molar-refractivity contribution in [3.05, 3.63) is 59.7 Å². The second-order valence-corrected chi connectivity index (χ2v) is 9.56. The molecule has 2 N–H and O–H groups in total. The van der Waals surface area contributed by atoms with E-state index in [-0.39, 0.29) is 31.5 Å². The van der Waals surface area contributed by atoms with Crippen molar-refractivity contribution in [3.63, 3.8) is 0 Å². The van der Waals surface area contributed by atoms with Gasteiger partial charge in [0, 0.05) is 38.6 Å². The molecule has 1 aliphatic heterocycles. The van der Waals surface area contributed by atoms with Crippen molar-refractivity contribution in [3.8, 4) is 11.1 Å². The molecule has 2 aromatic carbocycles. The number of aliphatic carboxylic acids is 1. The smallest absolute Gasteiger partial charge is 0.407 e. The third kappa shape index (κ3) is 5.32. The average Bonchev–Trinajstić information content (AvgIpc) is 3.19. The Morgan fingerprint density at radius 1 is 1.00 bits per heavy atom. The summed E-state index contributed by atoms with van der Waals surface area (Å²) in [5.41, 5.74) is 3.88. The van der Waals surface area contributed by atoms with Crippen LogP contribution in [0.1, 0.15) is 37.3 Å². The number of nitrogens with one attached hydrogen (secondary N) is 1. The maximum absolute atomic E-state index is 13.2. The van der Waals surface area contributed by atoms with E-state index < -0.39 is 17.5 Å². The SMILES string of the molecule is CCC(C)(CNC(=O)OCC1c2ccccc2-c2ccccc21)C(=O)N1CCN(CC(=O)O)CC1. The Morgan fingerprint density at radius 3 is 2.11 bits per heavy atom. The predicted molar refractivity (Wildman–Crippen MR) is 132 cm³/mol. The highest BCUT2D eigenvalue weighted by Crippen LogP contribution is 2.44. The van der Waals surface area contributed by atoms with E-state index in [2.05, 4.69) is 29.6 Å². The van der Waals surface area contributed by atoms with Gasteiger partial charge in [-0.25, -0.2) is 4.79 Å². The van der Waals surface area contributed by atoms with E-state index in [0.717, 1.165) is 11.1 Å². The van der Waals surface area contributed by atoms with E-state index in [4.69, 9.17) is 9.84 Å². The molecule has 1 atom stereocenters. The highest BCUT2D eigenvalue weighted by Gasteiger charge is 2.37. The van der Waals surface area contributed by atoms with Gasteiger partial charge in [-0.05, 0) is 35.6 Å². The molecule has 0 bridgehead atoms. The molecule has 186 valence electrons. The van der Waals surface area contributed by atoms with Gasteiger partial charge in [-0.3, -0.25) is 14.5 Å². The molecule has 0 aromatic heterocycles. The average molecular weight is 480 g/mol. The number of ether oxygens (including phenoxy) is 1. The van der Waals surface area contributed by atoms with Crippen LogP contribution in [0.25, 0.3) is 11.1 Å². The summed E-state index contributed by atoms with van der Waals surface area (Å²) in [7, 11) is 0. The van der Waals surface area contributed by atoms with Gasteiger partial charge in [0.25, 0.3) is 0 Å². The van der Waals surface area contributed by atoms with Crippen molar-refractivity contribution in [1.29, 1.82) is 0 Å². The van der Waals surface area contributed by atoms with Crippen LogP contribution in [0, 0.1) is 5.41 Å². The van der Waals surface area contributed by atoms with Crippen molar-refractivity contribution in [1.82, 2.24) is 15.1 Å². The van der Waals surface area contributed by atoms with Crippen molar-refractivity contribution in [2.24, 2.45) is 5.41 Å². The van der Waals surface area contributed by atoms with Gasteiger partial charge in [0.05, 0.1) is 12.0 Å². The highest BCUT2D eigenvalue weighted by molar-refractivity contribution is 5.83. The minimum atomic E-state index is -0.865. The lowest BCUT2D eigenvalue weighted by Gasteiger charge is -2.39. The zero-order valence-electron chi connectivity index (χ0n) is 20.3. The monoisotopic (exact) mass is 479 g/mol. The normalized spacial score (nSPS) is 17.3. The lowest BCUT2D eigenvalue weighted by molar-refractivity contribution is -0.144.